The van der Waals surface area contributed by atoms with Crippen molar-refractivity contribution in [2.75, 3.05) is 18.6 Å². The second kappa shape index (κ2) is 8.71. The SMILES string of the molecule is CCCCCC(NC)C1SCCSC1CC. The number of unbranched alkanes of at least 4 members (excludes halogenated alkanes) is 2. The van der Waals surface area contributed by atoms with Gasteiger partial charge in [0.1, 0.15) is 0 Å². The van der Waals surface area contributed by atoms with Gasteiger partial charge in [-0.15, -0.1) is 0 Å². The first kappa shape index (κ1) is 14.7. The van der Waals surface area contributed by atoms with Crippen molar-refractivity contribution in [3.8, 4) is 0 Å². The van der Waals surface area contributed by atoms with Crippen molar-refractivity contribution in [1.29, 1.82) is 0 Å². The molecule has 1 saturated heterocycles. The van der Waals surface area contributed by atoms with Gasteiger partial charge >= 0.3 is 0 Å². The molecule has 0 aromatic rings. The summed E-state index contributed by atoms with van der Waals surface area (Å²) >= 11 is 4.40. The summed E-state index contributed by atoms with van der Waals surface area (Å²) in [5.74, 6) is 2.70. The molecule has 16 heavy (non-hydrogen) atoms. The number of hydrogen-bond donors (Lipinski definition) is 1. The molecule has 0 spiro atoms. The highest BCUT2D eigenvalue weighted by Crippen LogP contribution is 2.36. The number of nitrogens with one attached hydrogen (secondary N) is 1. The van der Waals surface area contributed by atoms with E-state index in [1.165, 1.54) is 43.6 Å². The maximum Gasteiger partial charge on any atom is 0.0320 e. The molecule has 3 heteroatoms. The normalized spacial score (nSPS) is 27.9. The van der Waals surface area contributed by atoms with E-state index in [4.69, 9.17) is 0 Å². The van der Waals surface area contributed by atoms with Crippen molar-refractivity contribution in [1.82, 2.24) is 5.32 Å². The Bertz CT molecular complexity index is 175. The lowest BCUT2D eigenvalue weighted by molar-refractivity contribution is 0.465. The predicted octanol–water partition coefficient (Wildman–Crippen LogP) is 3.78. The highest BCUT2D eigenvalue weighted by atomic mass is 32.2. The van der Waals surface area contributed by atoms with E-state index in [9.17, 15) is 0 Å². The van der Waals surface area contributed by atoms with Crippen molar-refractivity contribution in [2.45, 2.75) is 62.5 Å². The number of thioether (sulfide) groups is 2. The molecule has 3 atom stereocenters. The molecule has 0 saturated carbocycles. The second-order valence-corrected chi connectivity index (χ2v) is 7.18. The highest BCUT2D eigenvalue weighted by molar-refractivity contribution is 8.07. The van der Waals surface area contributed by atoms with Crippen molar-refractivity contribution in [3.63, 3.8) is 0 Å². The summed E-state index contributed by atoms with van der Waals surface area (Å²) in [6.07, 6.45) is 6.80. The molecule has 1 aliphatic rings. The molecular formula is C13H27NS2. The molecule has 0 bridgehead atoms. The van der Waals surface area contributed by atoms with Crippen LogP contribution in [0.15, 0.2) is 0 Å². The van der Waals surface area contributed by atoms with Crippen LogP contribution in [-0.4, -0.2) is 35.1 Å². The zero-order valence-corrected chi connectivity index (χ0v) is 12.6. The Balaban J connectivity index is 2.41. The second-order valence-electron chi connectivity index (χ2n) is 4.54. The summed E-state index contributed by atoms with van der Waals surface area (Å²) in [5, 5.41) is 5.27. The van der Waals surface area contributed by atoms with Crippen molar-refractivity contribution in [3.05, 3.63) is 0 Å². The van der Waals surface area contributed by atoms with E-state index in [1.807, 2.05) is 0 Å². The van der Waals surface area contributed by atoms with E-state index in [1.54, 1.807) is 0 Å². The maximum atomic E-state index is 3.56. The first-order chi connectivity index (χ1) is 7.83. The third kappa shape index (κ3) is 4.50. The van der Waals surface area contributed by atoms with Gasteiger partial charge in [-0.3, -0.25) is 0 Å². The van der Waals surface area contributed by atoms with Crippen LogP contribution in [0.25, 0.3) is 0 Å². The Morgan fingerprint density at radius 1 is 1.19 bits per heavy atom. The Morgan fingerprint density at radius 3 is 2.56 bits per heavy atom. The minimum atomic E-state index is 0.731. The van der Waals surface area contributed by atoms with E-state index >= 15 is 0 Å². The molecule has 0 aliphatic carbocycles. The summed E-state index contributed by atoms with van der Waals surface area (Å²) in [7, 11) is 2.14. The van der Waals surface area contributed by atoms with Crippen LogP contribution >= 0.6 is 23.5 Å². The summed E-state index contributed by atoms with van der Waals surface area (Å²) in [6.45, 7) is 4.63. The van der Waals surface area contributed by atoms with Gasteiger partial charge in [-0.05, 0) is 19.9 Å². The standard InChI is InChI=1S/C13H27NS2/c1-4-6-7-8-11(14-3)13-12(5-2)15-9-10-16-13/h11-14H,4-10H2,1-3H3. The lowest BCUT2D eigenvalue weighted by atomic mass is 10.0. The summed E-state index contributed by atoms with van der Waals surface area (Å²) < 4.78 is 0. The lowest BCUT2D eigenvalue weighted by Crippen LogP contribution is -2.43. The molecule has 96 valence electrons. The van der Waals surface area contributed by atoms with Gasteiger partial charge in [0, 0.05) is 28.0 Å². The van der Waals surface area contributed by atoms with E-state index in [0.717, 1.165) is 16.5 Å². The Kier molecular flexibility index (Phi) is 8.01. The number of rotatable bonds is 7. The van der Waals surface area contributed by atoms with Crippen LogP contribution in [0.4, 0.5) is 0 Å². The molecule has 0 radical (unpaired) electrons. The van der Waals surface area contributed by atoms with E-state index in [-0.39, 0.29) is 0 Å². The molecule has 1 heterocycles. The van der Waals surface area contributed by atoms with Gasteiger partial charge in [-0.25, -0.2) is 0 Å². The van der Waals surface area contributed by atoms with E-state index < -0.39 is 0 Å². The average molecular weight is 261 g/mol. The van der Waals surface area contributed by atoms with Crippen LogP contribution in [0.3, 0.4) is 0 Å². The summed E-state index contributed by atoms with van der Waals surface area (Å²) in [4.78, 5) is 0. The van der Waals surface area contributed by atoms with E-state index in [0.29, 0.717) is 0 Å². The van der Waals surface area contributed by atoms with Crippen molar-refractivity contribution < 1.29 is 0 Å². The van der Waals surface area contributed by atoms with Crippen molar-refractivity contribution in [2.24, 2.45) is 0 Å². The maximum absolute atomic E-state index is 3.56. The minimum absolute atomic E-state index is 0.731. The summed E-state index contributed by atoms with van der Waals surface area (Å²) in [5.41, 5.74) is 0. The van der Waals surface area contributed by atoms with Gasteiger partial charge < -0.3 is 5.32 Å². The van der Waals surface area contributed by atoms with Crippen LogP contribution < -0.4 is 5.32 Å². The minimum Gasteiger partial charge on any atom is -0.316 e. The van der Waals surface area contributed by atoms with Gasteiger partial charge in [0.25, 0.3) is 0 Å². The van der Waals surface area contributed by atoms with Crippen LogP contribution in [0, 0.1) is 0 Å². The predicted molar refractivity (Wildman–Crippen MR) is 79.8 cm³/mol. The van der Waals surface area contributed by atoms with Crippen LogP contribution in [-0.2, 0) is 0 Å². The van der Waals surface area contributed by atoms with Gasteiger partial charge in [0.2, 0.25) is 0 Å². The fourth-order valence-electron chi connectivity index (χ4n) is 2.40. The van der Waals surface area contributed by atoms with E-state index in [2.05, 4.69) is 49.7 Å². The lowest BCUT2D eigenvalue weighted by Gasteiger charge is -2.36. The van der Waals surface area contributed by atoms with Crippen LogP contribution in [0.2, 0.25) is 0 Å². The zero-order chi connectivity index (χ0) is 11.8. The Morgan fingerprint density at radius 2 is 1.94 bits per heavy atom. The summed E-state index contributed by atoms with van der Waals surface area (Å²) in [6, 6.07) is 0.731. The number of hydrogen-bond acceptors (Lipinski definition) is 3. The molecule has 0 aromatic heterocycles. The topological polar surface area (TPSA) is 12.0 Å². The van der Waals surface area contributed by atoms with Crippen molar-refractivity contribution >= 4 is 23.5 Å². The monoisotopic (exact) mass is 261 g/mol. The van der Waals surface area contributed by atoms with Gasteiger partial charge in [-0.2, -0.15) is 23.5 Å². The molecular weight excluding hydrogens is 234 g/mol. The fourth-order valence-corrected chi connectivity index (χ4v) is 5.74. The molecule has 0 aromatic carbocycles. The average Bonchev–Trinajstić information content (AvgIpc) is 2.35. The molecule has 1 rings (SSSR count). The Hall–Kier alpha value is 0.660. The first-order valence-corrected chi connectivity index (χ1v) is 8.83. The fraction of sp³-hybridized carbons (Fsp3) is 1.00. The molecule has 3 unspecified atom stereocenters. The van der Waals surface area contributed by atoms with Gasteiger partial charge in [0.05, 0.1) is 0 Å². The quantitative estimate of drug-likeness (QED) is 0.701. The molecule has 1 aliphatic heterocycles. The third-order valence-electron chi connectivity index (χ3n) is 3.38. The smallest absolute Gasteiger partial charge is 0.0320 e. The zero-order valence-electron chi connectivity index (χ0n) is 11.0. The Labute approximate surface area is 110 Å². The first-order valence-electron chi connectivity index (χ1n) is 6.73. The molecule has 0 amide bonds. The molecule has 1 N–H and O–H groups in total. The van der Waals surface area contributed by atoms with Crippen LogP contribution in [0.1, 0.15) is 46.0 Å². The largest absolute Gasteiger partial charge is 0.316 e. The van der Waals surface area contributed by atoms with Crippen LogP contribution in [0.5, 0.6) is 0 Å². The highest BCUT2D eigenvalue weighted by Gasteiger charge is 2.30. The van der Waals surface area contributed by atoms with Gasteiger partial charge in [-0.1, -0.05) is 33.1 Å². The molecule has 1 nitrogen and oxygen atoms in total. The molecule has 1 fully saturated rings. The third-order valence-corrected chi connectivity index (χ3v) is 6.79. The van der Waals surface area contributed by atoms with Gasteiger partial charge in [0.15, 0.2) is 0 Å².